The van der Waals surface area contributed by atoms with Gasteiger partial charge in [0, 0.05) is 11.1 Å². The maximum atomic E-state index is 6.08. The van der Waals surface area contributed by atoms with E-state index in [-0.39, 0.29) is 0 Å². The Kier molecular flexibility index (Phi) is 3.24. The van der Waals surface area contributed by atoms with Gasteiger partial charge in [0.05, 0.1) is 17.1 Å². The SMILES string of the molecule is Clc1ccc(-c2nnc(CNC3CC3)o2)c(Cl)c1. The summed E-state index contributed by atoms with van der Waals surface area (Å²) >= 11 is 11.9. The van der Waals surface area contributed by atoms with Crippen LogP contribution in [0.2, 0.25) is 10.0 Å². The van der Waals surface area contributed by atoms with Crippen LogP contribution in [0.3, 0.4) is 0 Å². The molecule has 0 amide bonds. The fourth-order valence-corrected chi connectivity index (χ4v) is 2.11. The lowest BCUT2D eigenvalue weighted by Crippen LogP contribution is -2.15. The predicted octanol–water partition coefficient (Wildman–Crippen LogP) is 3.30. The number of aromatic nitrogens is 2. The Balaban J connectivity index is 1.78. The van der Waals surface area contributed by atoms with E-state index in [0.29, 0.717) is 40.0 Å². The number of benzene rings is 1. The lowest BCUT2D eigenvalue weighted by atomic mass is 10.2. The van der Waals surface area contributed by atoms with Crippen molar-refractivity contribution in [2.45, 2.75) is 25.4 Å². The van der Waals surface area contributed by atoms with Gasteiger partial charge in [-0.1, -0.05) is 23.2 Å². The van der Waals surface area contributed by atoms with E-state index in [2.05, 4.69) is 15.5 Å². The zero-order valence-corrected chi connectivity index (χ0v) is 11.0. The normalized spacial score (nSPS) is 15.0. The van der Waals surface area contributed by atoms with E-state index in [0.717, 1.165) is 0 Å². The molecule has 18 heavy (non-hydrogen) atoms. The molecule has 1 aromatic carbocycles. The number of nitrogens with one attached hydrogen (secondary N) is 1. The largest absolute Gasteiger partial charge is 0.419 e. The zero-order chi connectivity index (χ0) is 12.5. The van der Waals surface area contributed by atoms with E-state index in [9.17, 15) is 0 Å². The Bertz CT molecular complexity index is 566. The van der Waals surface area contributed by atoms with E-state index in [1.54, 1.807) is 18.2 Å². The van der Waals surface area contributed by atoms with Crippen LogP contribution in [-0.2, 0) is 6.54 Å². The first kappa shape index (κ1) is 12.0. The fourth-order valence-electron chi connectivity index (χ4n) is 1.62. The molecule has 1 aromatic heterocycles. The number of rotatable bonds is 4. The molecule has 3 rings (SSSR count). The third kappa shape index (κ3) is 2.66. The van der Waals surface area contributed by atoms with Gasteiger partial charge in [-0.05, 0) is 31.0 Å². The van der Waals surface area contributed by atoms with Gasteiger partial charge < -0.3 is 9.73 Å². The van der Waals surface area contributed by atoms with Crippen LogP contribution in [0.4, 0.5) is 0 Å². The van der Waals surface area contributed by atoms with E-state index in [1.807, 2.05) is 0 Å². The number of nitrogens with zero attached hydrogens (tertiary/aromatic N) is 2. The van der Waals surface area contributed by atoms with E-state index >= 15 is 0 Å². The molecule has 0 bridgehead atoms. The van der Waals surface area contributed by atoms with Crippen LogP contribution >= 0.6 is 23.2 Å². The van der Waals surface area contributed by atoms with Gasteiger partial charge in [0.25, 0.3) is 0 Å². The molecule has 0 radical (unpaired) electrons. The summed E-state index contributed by atoms with van der Waals surface area (Å²) in [6.45, 7) is 0.600. The molecule has 1 aliphatic rings. The molecule has 0 saturated heterocycles. The first-order chi connectivity index (χ1) is 8.72. The van der Waals surface area contributed by atoms with Crippen LogP contribution in [0, 0.1) is 0 Å². The summed E-state index contributed by atoms with van der Waals surface area (Å²) in [5.41, 5.74) is 0.700. The molecule has 1 saturated carbocycles. The molecule has 2 aromatic rings. The molecule has 4 nitrogen and oxygen atoms in total. The molecule has 0 spiro atoms. The highest BCUT2D eigenvalue weighted by molar-refractivity contribution is 6.36. The van der Waals surface area contributed by atoms with Gasteiger partial charge in [0.15, 0.2) is 0 Å². The first-order valence-electron chi connectivity index (χ1n) is 5.73. The summed E-state index contributed by atoms with van der Waals surface area (Å²) in [6.07, 6.45) is 2.45. The molecule has 0 unspecified atom stereocenters. The third-order valence-corrected chi connectivity index (χ3v) is 3.30. The minimum absolute atomic E-state index is 0.421. The van der Waals surface area contributed by atoms with E-state index in [4.69, 9.17) is 27.6 Å². The van der Waals surface area contributed by atoms with E-state index < -0.39 is 0 Å². The average molecular weight is 284 g/mol. The highest BCUT2D eigenvalue weighted by atomic mass is 35.5. The Morgan fingerprint density at radius 3 is 2.83 bits per heavy atom. The summed E-state index contributed by atoms with van der Waals surface area (Å²) in [4.78, 5) is 0. The molecule has 1 N–H and O–H groups in total. The Hall–Kier alpha value is -1.10. The van der Waals surface area contributed by atoms with Gasteiger partial charge in [0.2, 0.25) is 11.8 Å². The number of hydrogen-bond acceptors (Lipinski definition) is 4. The molecule has 6 heteroatoms. The molecular formula is C12H11Cl2N3O. The second-order valence-corrected chi connectivity index (χ2v) is 5.12. The van der Waals surface area contributed by atoms with Gasteiger partial charge in [-0.15, -0.1) is 10.2 Å². The summed E-state index contributed by atoms with van der Waals surface area (Å²) < 4.78 is 5.56. The second-order valence-electron chi connectivity index (χ2n) is 4.28. The van der Waals surface area contributed by atoms with Crippen molar-refractivity contribution in [2.24, 2.45) is 0 Å². The van der Waals surface area contributed by atoms with Gasteiger partial charge in [-0.2, -0.15) is 0 Å². The Morgan fingerprint density at radius 1 is 1.28 bits per heavy atom. The van der Waals surface area contributed by atoms with Crippen molar-refractivity contribution in [3.05, 3.63) is 34.1 Å². The van der Waals surface area contributed by atoms with Crippen LogP contribution in [0.1, 0.15) is 18.7 Å². The smallest absolute Gasteiger partial charge is 0.249 e. The monoisotopic (exact) mass is 283 g/mol. The molecule has 1 fully saturated rings. The first-order valence-corrected chi connectivity index (χ1v) is 6.49. The highest BCUT2D eigenvalue weighted by Crippen LogP contribution is 2.29. The molecule has 1 heterocycles. The average Bonchev–Trinajstić information content (AvgIpc) is 3.05. The summed E-state index contributed by atoms with van der Waals surface area (Å²) in [6, 6.07) is 5.79. The lowest BCUT2D eigenvalue weighted by Gasteiger charge is -1.99. The quantitative estimate of drug-likeness (QED) is 0.936. The zero-order valence-electron chi connectivity index (χ0n) is 9.49. The highest BCUT2D eigenvalue weighted by Gasteiger charge is 2.21. The van der Waals surface area contributed by atoms with Crippen LogP contribution in [-0.4, -0.2) is 16.2 Å². The Labute approximate surface area is 114 Å². The van der Waals surface area contributed by atoms with Crippen molar-refractivity contribution in [1.29, 1.82) is 0 Å². The Morgan fingerprint density at radius 2 is 2.11 bits per heavy atom. The molecule has 94 valence electrons. The number of halogens is 2. The van der Waals surface area contributed by atoms with Crippen molar-refractivity contribution < 1.29 is 4.42 Å². The second kappa shape index (κ2) is 4.88. The third-order valence-electron chi connectivity index (χ3n) is 2.75. The summed E-state index contributed by atoms with van der Waals surface area (Å²) in [5, 5.41) is 12.4. The van der Waals surface area contributed by atoms with Crippen LogP contribution in [0.25, 0.3) is 11.5 Å². The van der Waals surface area contributed by atoms with Crippen molar-refractivity contribution >= 4 is 23.2 Å². The van der Waals surface area contributed by atoms with Gasteiger partial charge in [-0.3, -0.25) is 0 Å². The number of hydrogen-bond donors (Lipinski definition) is 1. The maximum absolute atomic E-state index is 6.08. The van der Waals surface area contributed by atoms with Crippen molar-refractivity contribution in [3.8, 4) is 11.5 Å². The predicted molar refractivity (Wildman–Crippen MR) is 69.6 cm³/mol. The molecular weight excluding hydrogens is 273 g/mol. The van der Waals surface area contributed by atoms with Gasteiger partial charge in [0.1, 0.15) is 0 Å². The molecule has 0 aliphatic heterocycles. The summed E-state index contributed by atoms with van der Waals surface area (Å²) in [7, 11) is 0. The minimum atomic E-state index is 0.421. The van der Waals surface area contributed by atoms with Crippen molar-refractivity contribution in [3.63, 3.8) is 0 Å². The van der Waals surface area contributed by atoms with Crippen molar-refractivity contribution in [2.75, 3.05) is 0 Å². The van der Waals surface area contributed by atoms with Gasteiger partial charge >= 0.3 is 0 Å². The summed E-state index contributed by atoms with van der Waals surface area (Å²) in [5.74, 6) is 0.993. The van der Waals surface area contributed by atoms with Crippen LogP contribution in [0.5, 0.6) is 0 Å². The fraction of sp³-hybridized carbons (Fsp3) is 0.333. The lowest BCUT2D eigenvalue weighted by molar-refractivity contribution is 0.476. The standard InChI is InChI=1S/C12H11Cl2N3O/c13-7-1-4-9(10(14)5-7)12-17-16-11(18-12)6-15-8-2-3-8/h1,4-5,8,15H,2-3,6H2. The topological polar surface area (TPSA) is 51.0 Å². The molecule has 1 aliphatic carbocycles. The van der Waals surface area contributed by atoms with Crippen LogP contribution < -0.4 is 5.32 Å². The van der Waals surface area contributed by atoms with Gasteiger partial charge in [-0.25, -0.2) is 0 Å². The van der Waals surface area contributed by atoms with Crippen molar-refractivity contribution in [1.82, 2.24) is 15.5 Å². The van der Waals surface area contributed by atoms with E-state index in [1.165, 1.54) is 12.8 Å². The molecule has 0 atom stereocenters. The van der Waals surface area contributed by atoms with Crippen LogP contribution in [0.15, 0.2) is 22.6 Å². The maximum Gasteiger partial charge on any atom is 0.249 e. The minimum Gasteiger partial charge on any atom is -0.419 e.